The van der Waals surface area contributed by atoms with Crippen LogP contribution in [-0.4, -0.2) is 28.6 Å². The Kier molecular flexibility index (Phi) is 11.1. The Morgan fingerprint density at radius 1 is 0.950 bits per heavy atom. The van der Waals surface area contributed by atoms with Crippen LogP contribution in [0, 0.1) is 5.92 Å². The fourth-order valence-electron chi connectivity index (χ4n) is 4.98. The maximum Gasteiger partial charge on any atom is 0.315 e. The van der Waals surface area contributed by atoms with Crippen molar-refractivity contribution in [3.05, 3.63) is 119 Å². The molecule has 0 radical (unpaired) electrons. The minimum Gasteiger partial charge on any atom is -0.468 e. The van der Waals surface area contributed by atoms with Gasteiger partial charge >= 0.3 is 6.03 Å². The predicted molar refractivity (Wildman–Crippen MR) is 162 cm³/mol. The van der Waals surface area contributed by atoms with E-state index in [0.717, 1.165) is 34.6 Å². The molecule has 4 aromatic rings. The summed E-state index contributed by atoms with van der Waals surface area (Å²) in [5, 5.41) is 6.19. The first-order chi connectivity index (χ1) is 19.5. The number of H-pyrrole nitrogens is 1. The zero-order chi connectivity index (χ0) is 28.2. The van der Waals surface area contributed by atoms with Gasteiger partial charge in [-0.05, 0) is 53.6 Å². The molecule has 0 fully saturated rings. The molecule has 2 heterocycles. The number of hydrogen-bond donors (Lipinski definition) is 3. The largest absolute Gasteiger partial charge is 0.468 e. The van der Waals surface area contributed by atoms with Gasteiger partial charge in [0, 0.05) is 36.8 Å². The van der Waals surface area contributed by atoms with Crippen molar-refractivity contribution in [1.29, 1.82) is 0 Å². The second kappa shape index (κ2) is 15.2. The highest BCUT2D eigenvalue weighted by molar-refractivity contribution is 7.99. The maximum absolute atomic E-state index is 13.1. The topological polar surface area (TPSA) is 87.1 Å². The number of thioether (sulfide) groups is 1. The Morgan fingerprint density at radius 2 is 1.70 bits per heavy atom. The second-order valence-corrected chi connectivity index (χ2v) is 11.5. The van der Waals surface area contributed by atoms with Gasteiger partial charge in [0.05, 0.1) is 17.8 Å². The van der Waals surface area contributed by atoms with Crippen LogP contribution in [0.2, 0.25) is 0 Å². The molecule has 4 rings (SSSR count). The average molecular weight is 558 g/mol. The third-order valence-electron chi connectivity index (χ3n) is 6.79. The number of furan rings is 1. The smallest absolute Gasteiger partial charge is 0.315 e. The Balaban J connectivity index is 1.44. The van der Waals surface area contributed by atoms with Gasteiger partial charge < -0.3 is 20.0 Å². The summed E-state index contributed by atoms with van der Waals surface area (Å²) in [5.74, 6) is 2.51. The van der Waals surface area contributed by atoms with Crippen molar-refractivity contribution in [2.75, 3.05) is 5.75 Å². The Morgan fingerprint density at radius 3 is 2.40 bits per heavy atom. The molecule has 0 aliphatic heterocycles. The number of benzene rings is 2. The van der Waals surface area contributed by atoms with E-state index in [1.165, 1.54) is 0 Å². The van der Waals surface area contributed by atoms with E-state index >= 15 is 0 Å². The number of hydrogen-bond acceptors (Lipinski definition) is 4. The number of aromatic amines is 1. The summed E-state index contributed by atoms with van der Waals surface area (Å²) in [5.41, 5.74) is 4.32. The van der Waals surface area contributed by atoms with Crippen molar-refractivity contribution in [3.63, 3.8) is 0 Å². The lowest BCUT2D eigenvalue weighted by molar-refractivity contribution is -0.116. The van der Waals surface area contributed by atoms with Gasteiger partial charge in [-0.25, -0.2) is 4.79 Å². The molecule has 2 aromatic carbocycles. The van der Waals surface area contributed by atoms with Gasteiger partial charge in [-0.2, -0.15) is 0 Å². The first-order valence-corrected chi connectivity index (χ1v) is 15.0. The molecule has 0 aliphatic rings. The fourth-order valence-corrected chi connectivity index (χ4v) is 5.79. The van der Waals surface area contributed by atoms with Crippen LogP contribution < -0.4 is 10.6 Å². The highest BCUT2D eigenvalue weighted by Crippen LogP contribution is 2.31. The molecule has 210 valence electrons. The van der Waals surface area contributed by atoms with E-state index in [2.05, 4.69) is 47.7 Å². The van der Waals surface area contributed by atoms with Gasteiger partial charge in [-0.15, -0.1) is 11.8 Å². The number of rotatable bonds is 15. The van der Waals surface area contributed by atoms with E-state index < -0.39 is 0 Å². The van der Waals surface area contributed by atoms with Gasteiger partial charge in [-0.3, -0.25) is 4.79 Å². The van der Waals surface area contributed by atoms with Crippen LogP contribution in [0.5, 0.6) is 0 Å². The van der Waals surface area contributed by atoms with Gasteiger partial charge in [-0.1, -0.05) is 74.5 Å². The molecule has 0 spiro atoms. The number of nitrogens with one attached hydrogen (secondary N) is 3. The number of amides is 2. The monoisotopic (exact) mass is 557 g/mol. The standard InChI is InChI=1S/C33H39N3O3S/c1-24(2)18-28(36-33(38)35-21-25-10-5-3-6-11-25)19-27-15-16-34-32(27)31(26-12-7-4-8-13-26)20-29(37)22-40-23-30-14-9-17-39-30/h3-17,24,28,31,34H,18-23H2,1-2H3,(H2,35,36,38). The van der Waals surface area contributed by atoms with Crippen molar-refractivity contribution >= 4 is 23.6 Å². The van der Waals surface area contributed by atoms with E-state index in [1.54, 1.807) is 18.0 Å². The number of carbonyl (C=O) groups excluding carboxylic acids is 2. The van der Waals surface area contributed by atoms with Crippen LogP contribution in [0.3, 0.4) is 0 Å². The van der Waals surface area contributed by atoms with E-state index in [-0.39, 0.29) is 23.8 Å². The summed E-state index contributed by atoms with van der Waals surface area (Å²) in [4.78, 5) is 29.4. The number of ketones is 1. The van der Waals surface area contributed by atoms with E-state index in [9.17, 15) is 9.59 Å². The minimum atomic E-state index is -0.171. The third-order valence-corrected chi connectivity index (χ3v) is 7.81. The number of aromatic nitrogens is 1. The molecule has 2 unspecified atom stereocenters. The fraction of sp³-hybridized carbons (Fsp3) is 0.333. The maximum atomic E-state index is 13.1. The van der Waals surface area contributed by atoms with Crippen LogP contribution in [-0.2, 0) is 23.5 Å². The van der Waals surface area contributed by atoms with E-state index in [4.69, 9.17) is 4.42 Å². The van der Waals surface area contributed by atoms with Crippen molar-refractivity contribution < 1.29 is 14.0 Å². The molecule has 2 aromatic heterocycles. The highest BCUT2D eigenvalue weighted by Gasteiger charge is 2.24. The Labute approximate surface area is 241 Å². The third kappa shape index (κ3) is 9.19. The molecule has 0 saturated carbocycles. The normalized spacial score (nSPS) is 12.7. The first-order valence-electron chi connectivity index (χ1n) is 13.9. The van der Waals surface area contributed by atoms with Gasteiger partial charge in [0.1, 0.15) is 11.5 Å². The molecule has 3 N–H and O–H groups in total. The molecule has 7 heteroatoms. The van der Waals surface area contributed by atoms with Crippen LogP contribution in [0.1, 0.15) is 60.8 Å². The summed E-state index contributed by atoms with van der Waals surface area (Å²) in [6.07, 6.45) is 5.54. The van der Waals surface area contributed by atoms with Crippen molar-refractivity contribution in [1.82, 2.24) is 15.6 Å². The van der Waals surface area contributed by atoms with Gasteiger partial charge in [0.15, 0.2) is 0 Å². The zero-order valence-corrected chi connectivity index (χ0v) is 24.1. The van der Waals surface area contributed by atoms with Crippen molar-refractivity contribution in [3.8, 4) is 0 Å². The summed E-state index contributed by atoms with van der Waals surface area (Å²) < 4.78 is 5.40. The predicted octanol–water partition coefficient (Wildman–Crippen LogP) is 7.09. The number of urea groups is 1. The Bertz CT molecular complexity index is 1300. The molecule has 2 amide bonds. The van der Waals surface area contributed by atoms with Gasteiger partial charge in [0.2, 0.25) is 0 Å². The lowest BCUT2D eigenvalue weighted by atomic mass is 9.87. The zero-order valence-electron chi connectivity index (χ0n) is 23.3. The lowest BCUT2D eigenvalue weighted by Crippen LogP contribution is -2.43. The summed E-state index contributed by atoms with van der Waals surface area (Å²) in [7, 11) is 0. The first kappa shape index (κ1) is 29.3. The molecule has 0 aliphatic carbocycles. The van der Waals surface area contributed by atoms with E-state index in [0.29, 0.717) is 36.8 Å². The molecule has 40 heavy (non-hydrogen) atoms. The van der Waals surface area contributed by atoms with Crippen molar-refractivity contribution in [2.45, 2.75) is 57.4 Å². The average Bonchev–Trinajstić information content (AvgIpc) is 3.64. The molecular formula is C33H39N3O3S. The number of carbonyl (C=O) groups is 2. The summed E-state index contributed by atoms with van der Waals surface area (Å²) in [6, 6.07) is 25.8. The molecule has 0 bridgehead atoms. The highest BCUT2D eigenvalue weighted by atomic mass is 32.2. The van der Waals surface area contributed by atoms with E-state index in [1.807, 2.05) is 66.9 Å². The summed E-state index contributed by atoms with van der Waals surface area (Å²) >= 11 is 1.58. The lowest BCUT2D eigenvalue weighted by Gasteiger charge is -2.23. The van der Waals surface area contributed by atoms with Gasteiger partial charge in [0.25, 0.3) is 0 Å². The van der Waals surface area contributed by atoms with Crippen LogP contribution in [0.25, 0.3) is 0 Å². The molecule has 0 saturated heterocycles. The second-order valence-electron chi connectivity index (χ2n) is 10.5. The van der Waals surface area contributed by atoms with Crippen LogP contribution in [0.15, 0.2) is 95.7 Å². The number of Topliss-reactive ketones (excluding diaryl/α,β-unsaturated/α-hetero) is 1. The van der Waals surface area contributed by atoms with Crippen LogP contribution >= 0.6 is 11.8 Å². The molecular weight excluding hydrogens is 518 g/mol. The molecule has 2 atom stereocenters. The quantitative estimate of drug-likeness (QED) is 0.146. The SMILES string of the molecule is CC(C)CC(Cc1cc[nH]c1C(CC(=O)CSCc1ccco1)c1ccccc1)NC(=O)NCc1ccccc1. The summed E-state index contributed by atoms with van der Waals surface area (Å²) in [6.45, 7) is 4.81. The van der Waals surface area contributed by atoms with Crippen molar-refractivity contribution in [2.24, 2.45) is 5.92 Å². The Hall–Kier alpha value is -3.71. The minimum absolute atomic E-state index is 0.0405. The van der Waals surface area contributed by atoms with Crippen LogP contribution in [0.4, 0.5) is 4.79 Å². The molecule has 6 nitrogen and oxygen atoms in total.